The third-order valence-corrected chi connectivity index (χ3v) is 2.90. The van der Waals surface area contributed by atoms with Gasteiger partial charge in [-0.2, -0.15) is 8.78 Å². The molecule has 0 aliphatic carbocycles. The van der Waals surface area contributed by atoms with Crippen LogP contribution in [-0.2, 0) is 11.2 Å². The van der Waals surface area contributed by atoms with Crippen LogP contribution in [0.15, 0.2) is 35.5 Å². The van der Waals surface area contributed by atoms with Crippen LogP contribution >= 0.6 is 0 Å². The molecule has 0 aliphatic heterocycles. The molecule has 0 bridgehead atoms. The van der Waals surface area contributed by atoms with Gasteiger partial charge in [-0.3, -0.25) is 0 Å². The van der Waals surface area contributed by atoms with Crippen molar-refractivity contribution >= 4 is 11.2 Å². The van der Waals surface area contributed by atoms with Gasteiger partial charge in [-0.05, 0) is 34.7 Å². The molecule has 0 fully saturated rings. The van der Waals surface area contributed by atoms with Crippen molar-refractivity contribution in [1.29, 1.82) is 0 Å². The number of rotatable bonds is 3. The van der Waals surface area contributed by atoms with E-state index >= 15 is 0 Å². The molecular formula is C8H6F2N4OS. The second-order valence-corrected chi connectivity index (χ2v) is 4.23. The van der Waals surface area contributed by atoms with Crippen molar-refractivity contribution in [2.24, 2.45) is 0 Å². The molecule has 1 heterocycles. The van der Waals surface area contributed by atoms with E-state index < -0.39 is 16.9 Å². The van der Waals surface area contributed by atoms with Crippen LogP contribution < -0.4 is 0 Å². The summed E-state index contributed by atoms with van der Waals surface area (Å²) >= 11 is -2.28. The third-order valence-electron chi connectivity index (χ3n) is 1.84. The van der Waals surface area contributed by atoms with Crippen molar-refractivity contribution in [2.45, 2.75) is 10.7 Å². The number of hydrogen-bond acceptors (Lipinski definition) is 4. The van der Waals surface area contributed by atoms with Crippen LogP contribution in [0.4, 0.5) is 8.78 Å². The normalized spacial score (nSPS) is 13.0. The molecule has 16 heavy (non-hydrogen) atoms. The minimum Gasteiger partial charge on any atom is -0.607 e. The lowest BCUT2D eigenvalue weighted by Gasteiger charge is -2.08. The summed E-state index contributed by atoms with van der Waals surface area (Å²) in [5.74, 6) is -2.88. The van der Waals surface area contributed by atoms with Gasteiger partial charge < -0.3 is 4.55 Å². The quantitative estimate of drug-likeness (QED) is 0.755. The molecule has 0 saturated carbocycles. The summed E-state index contributed by atoms with van der Waals surface area (Å²) in [5.41, 5.74) is 0.611. The average molecular weight is 244 g/mol. The van der Waals surface area contributed by atoms with Crippen LogP contribution in [0, 0.1) is 0 Å². The zero-order valence-electron chi connectivity index (χ0n) is 7.83. The minimum absolute atomic E-state index is 0.0758. The number of alkyl halides is 2. The highest BCUT2D eigenvalue weighted by Gasteiger charge is 2.22. The van der Waals surface area contributed by atoms with Crippen molar-refractivity contribution in [3.8, 4) is 5.69 Å². The van der Waals surface area contributed by atoms with Gasteiger partial charge >= 0.3 is 5.76 Å². The lowest BCUT2D eigenvalue weighted by molar-refractivity contribution is 0.235. The summed E-state index contributed by atoms with van der Waals surface area (Å²) in [6, 6.07) is 5.76. The van der Waals surface area contributed by atoms with Crippen molar-refractivity contribution in [2.75, 3.05) is 0 Å². The largest absolute Gasteiger partial charge is 0.607 e. The molecule has 2 aromatic rings. The molecule has 84 valence electrons. The van der Waals surface area contributed by atoms with E-state index in [4.69, 9.17) is 0 Å². The Labute approximate surface area is 92.3 Å². The highest BCUT2D eigenvalue weighted by Crippen LogP contribution is 2.19. The van der Waals surface area contributed by atoms with Crippen molar-refractivity contribution < 1.29 is 13.3 Å². The van der Waals surface area contributed by atoms with E-state index in [0.717, 1.165) is 0 Å². The van der Waals surface area contributed by atoms with Crippen LogP contribution in [-0.4, -0.2) is 30.5 Å². The number of nitrogens with zero attached hydrogens (tertiary/aromatic N) is 4. The fraction of sp³-hybridized carbons (Fsp3) is 0.125. The molecule has 1 aromatic carbocycles. The molecule has 1 atom stereocenters. The van der Waals surface area contributed by atoms with Crippen molar-refractivity contribution in [3.63, 3.8) is 0 Å². The summed E-state index contributed by atoms with van der Waals surface area (Å²) < 4.78 is 36.7. The van der Waals surface area contributed by atoms with Gasteiger partial charge in [0.05, 0.1) is 16.9 Å². The van der Waals surface area contributed by atoms with E-state index in [0.29, 0.717) is 5.69 Å². The van der Waals surface area contributed by atoms with Crippen LogP contribution in [0.25, 0.3) is 5.69 Å². The number of hydrogen-bond donors (Lipinski definition) is 0. The van der Waals surface area contributed by atoms with Crippen molar-refractivity contribution in [3.05, 3.63) is 30.6 Å². The van der Waals surface area contributed by atoms with Crippen LogP contribution in [0.2, 0.25) is 0 Å². The Balaban J connectivity index is 2.23. The first kappa shape index (κ1) is 11.0. The second-order valence-electron chi connectivity index (χ2n) is 2.81. The highest BCUT2D eigenvalue weighted by molar-refractivity contribution is 7.91. The van der Waals surface area contributed by atoms with Gasteiger partial charge in [0, 0.05) is 0 Å². The molecule has 8 heteroatoms. The SMILES string of the molecule is [O-][S+](c1ccc(-n2cnnn2)cc1)C(F)F. The van der Waals surface area contributed by atoms with Crippen LogP contribution in [0.3, 0.4) is 0 Å². The van der Waals surface area contributed by atoms with E-state index in [2.05, 4.69) is 15.5 Å². The predicted molar refractivity (Wildman–Crippen MR) is 51.6 cm³/mol. The molecular weight excluding hydrogens is 238 g/mol. The van der Waals surface area contributed by atoms with E-state index in [-0.39, 0.29) is 4.90 Å². The summed E-state index contributed by atoms with van der Waals surface area (Å²) in [6.45, 7) is 0. The van der Waals surface area contributed by atoms with E-state index in [9.17, 15) is 13.3 Å². The first-order chi connectivity index (χ1) is 7.68. The summed E-state index contributed by atoms with van der Waals surface area (Å²) in [7, 11) is 0. The molecule has 0 radical (unpaired) electrons. The topological polar surface area (TPSA) is 66.7 Å². The van der Waals surface area contributed by atoms with E-state index in [1.165, 1.54) is 35.3 Å². The van der Waals surface area contributed by atoms with E-state index in [1.54, 1.807) is 0 Å². The second kappa shape index (κ2) is 4.54. The van der Waals surface area contributed by atoms with Gasteiger partial charge in [-0.1, -0.05) is 0 Å². The monoisotopic (exact) mass is 244 g/mol. The van der Waals surface area contributed by atoms with Gasteiger partial charge in [0.1, 0.15) is 6.33 Å². The fourth-order valence-corrected chi connectivity index (χ4v) is 1.73. The first-order valence-corrected chi connectivity index (χ1v) is 5.42. The van der Waals surface area contributed by atoms with Gasteiger partial charge in [0.2, 0.25) is 0 Å². The van der Waals surface area contributed by atoms with Crippen molar-refractivity contribution in [1.82, 2.24) is 20.2 Å². The Morgan fingerprint density at radius 3 is 2.44 bits per heavy atom. The third kappa shape index (κ3) is 2.17. The maximum atomic E-state index is 12.2. The Morgan fingerprint density at radius 2 is 1.94 bits per heavy atom. The Kier molecular flexibility index (Phi) is 3.11. The summed E-state index contributed by atoms with van der Waals surface area (Å²) in [6.07, 6.45) is 1.37. The van der Waals surface area contributed by atoms with Gasteiger partial charge in [0.15, 0.2) is 4.90 Å². The first-order valence-electron chi connectivity index (χ1n) is 4.20. The number of tetrazole rings is 1. The molecule has 1 aromatic heterocycles. The van der Waals surface area contributed by atoms with Crippen LogP contribution in [0.5, 0.6) is 0 Å². The average Bonchev–Trinajstić information content (AvgIpc) is 2.81. The molecule has 0 N–H and O–H groups in total. The zero-order chi connectivity index (χ0) is 11.5. The van der Waals surface area contributed by atoms with Gasteiger partial charge in [-0.15, -0.1) is 5.10 Å². The number of benzene rings is 1. The Bertz CT molecular complexity index is 448. The Morgan fingerprint density at radius 1 is 1.25 bits per heavy atom. The maximum absolute atomic E-state index is 12.2. The standard InChI is InChI=1S/C8H6F2N4OS/c9-8(10)16(15)7-3-1-6(2-4-7)14-5-11-12-13-14/h1-5,8H. The number of aromatic nitrogens is 4. The van der Waals surface area contributed by atoms with Gasteiger partial charge in [0.25, 0.3) is 0 Å². The maximum Gasteiger partial charge on any atom is 0.402 e. The fourth-order valence-electron chi connectivity index (χ4n) is 1.12. The van der Waals surface area contributed by atoms with Gasteiger partial charge in [-0.25, -0.2) is 4.68 Å². The number of halogens is 2. The van der Waals surface area contributed by atoms with Crippen LogP contribution in [0.1, 0.15) is 0 Å². The minimum atomic E-state index is -2.88. The molecule has 0 aliphatic rings. The molecule has 0 spiro atoms. The molecule has 1 unspecified atom stereocenters. The zero-order valence-corrected chi connectivity index (χ0v) is 8.64. The van der Waals surface area contributed by atoms with E-state index in [1.807, 2.05) is 0 Å². The molecule has 0 amide bonds. The highest BCUT2D eigenvalue weighted by atomic mass is 32.2. The Hall–Kier alpha value is -1.54. The lowest BCUT2D eigenvalue weighted by atomic mass is 10.3. The molecule has 2 rings (SSSR count). The molecule has 0 saturated heterocycles. The molecule has 5 nitrogen and oxygen atoms in total. The summed E-state index contributed by atoms with van der Waals surface area (Å²) in [4.78, 5) is 0.0758. The lowest BCUT2D eigenvalue weighted by Crippen LogP contribution is -2.11. The smallest absolute Gasteiger partial charge is 0.402 e. The predicted octanol–water partition coefficient (Wildman–Crippen LogP) is 0.992. The summed E-state index contributed by atoms with van der Waals surface area (Å²) in [5, 5.41) is 10.5.